The Balaban J connectivity index is 1.78. The fraction of sp³-hybridized carbons (Fsp3) is 0.471. The van der Waals surface area contributed by atoms with Gasteiger partial charge in [0, 0.05) is 31.2 Å². The van der Waals surface area contributed by atoms with Crippen LogP contribution in [0.1, 0.15) is 31.7 Å². The average Bonchev–Trinajstić information content (AvgIpc) is 3.04. The molecule has 1 atom stereocenters. The smallest absolute Gasteiger partial charge is 0.315 e. The summed E-state index contributed by atoms with van der Waals surface area (Å²) in [7, 11) is 0. The van der Waals surface area contributed by atoms with Crippen LogP contribution in [0, 0.1) is 0 Å². The molecule has 0 saturated carbocycles. The first-order valence-corrected chi connectivity index (χ1v) is 8.19. The van der Waals surface area contributed by atoms with Crippen molar-refractivity contribution in [2.24, 2.45) is 0 Å². The van der Waals surface area contributed by atoms with Crippen molar-refractivity contribution >= 4 is 6.03 Å². The minimum atomic E-state index is -0.217. The molecule has 130 valence electrons. The van der Waals surface area contributed by atoms with Gasteiger partial charge in [-0.3, -0.25) is 0 Å². The molecule has 0 aliphatic carbocycles. The van der Waals surface area contributed by atoms with Gasteiger partial charge in [0.1, 0.15) is 0 Å². The number of aryl methyl sites for hydroxylation is 1. The summed E-state index contributed by atoms with van der Waals surface area (Å²) in [5, 5.41) is 18.3. The van der Waals surface area contributed by atoms with E-state index in [4.69, 9.17) is 9.63 Å². The monoisotopic (exact) mass is 332 g/mol. The predicted octanol–water partition coefficient (Wildman–Crippen LogP) is 1.91. The van der Waals surface area contributed by atoms with Crippen LogP contribution in [0.5, 0.6) is 0 Å². The second-order valence-electron chi connectivity index (χ2n) is 5.63. The lowest BCUT2D eigenvalue weighted by molar-refractivity contribution is 0.231. The van der Waals surface area contributed by atoms with Gasteiger partial charge in [-0.15, -0.1) is 0 Å². The summed E-state index contributed by atoms with van der Waals surface area (Å²) in [6.45, 7) is 4.44. The molecule has 2 rings (SSSR count). The zero-order chi connectivity index (χ0) is 17.4. The van der Waals surface area contributed by atoms with Crippen LogP contribution >= 0.6 is 0 Å². The van der Waals surface area contributed by atoms with E-state index < -0.39 is 0 Å². The first kappa shape index (κ1) is 17.9. The quantitative estimate of drug-likeness (QED) is 0.685. The standard InChI is InChI=1S/C17H24N4O3/c1-3-15-20-16(24-21-15)14-6-4-13(5-7-14)8-10-18-17(23)19-12(2)9-11-22/h4-7,12,22H,3,8-11H2,1-2H3,(H2,18,19,23)/t12-/m1/s1. The summed E-state index contributed by atoms with van der Waals surface area (Å²) in [5.41, 5.74) is 1.99. The molecular formula is C17H24N4O3. The SMILES string of the molecule is CCc1noc(-c2ccc(CCNC(=O)N[C@H](C)CCO)cc2)n1. The maximum atomic E-state index is 11.7. The molecular weight excluding hydrogens is 308 g/mol. The molecule has 0 spiro atoms. The molecule has 1 aromatic carbocycles. The van der Waals surface area contributed by atoms with Gasteiger partial charge in [-0.05, 0) is 37.5 Å². The van der Waals surface area contributed by atoms with Crippen molar-refractivity contribution in [2.45, 2.75) is 39.2 Å². The minimum Gasteiger partial charge on any atom is -0.396 e. The molecule has 7 nitrogen and oxygen atoms in total. The van der Waals surface area contributed by atoms with Crippen LogP contribution in [0.15, 0.2) is 28.8 Å². The van der Waals surface area contributed by atoms with Gasteiger partial charge in [-0.1, -0.05) is 24.2 Å². The van der Waals surface area contributed by atoms with Crippen molar-refractivity contribution in [2.75, 3.05) is 13.2 Å². The van der Waals surface area contributed by atoms with Crippen molar-refractivity contribution in [3.8, 4) is 11.5 Å². The first-order valence-electron chi connectivity index (χ1n) is 8.19. The number of aromatic nitrogens is 2. The van der Waals surface area contributed by atoms with Crippen molar-refractivity contribution in [3.63, 3.8) is 0 Å². The summed E-state index contributed by atoms with van der Waals surface area (Å²) in [5.74, 6) is 1.22. The molecule has 0 unspecified atom stereocenters. The number of nitrogens with one attached hydrogen (secondary N) is 2. The number of hydrogen-bond acceptors (Lipinski definition) is 5. The third-order valence-corrected chi connectivity index (χ3v) is 3.62. The van der Waals surface area contributed by atoms with Crippen LogP contribution in [0.25, 0.3) is 11.5 Å². The number of benzene rings is 1. The van der Waals surface area contributed by atoms with Crippen LogP contribution in [0.3, 0.4) is 0 Å². The normalized spacial score (nSPS) is 12.0. The molecule has 0 aliphatic rings. The molecule has 0 bridgehead atoms. The predicted molar refractivity (Wildman–Crippen MR) is 90.5 cm³/mol. The Morgan fingerprint density at radius 2 is 2.08 bits per heavy atom. The number of carbonyl (C=O) groups is 1. The summed E-state index contributed by atoms with van der Waals surface area (Å²) in [6.07, 6.45) is 2.02. The van der Waals surface area contributed by atoms with Gasteiger partial charge in [-0.25, -0.2) is 4.79 Å². The van der Waals surface area contributed by atoms with E-state index in [1.165, 1.54) is 0 Å². The maximum absolute atomic E-state index is 11.7. The Bertz CT molecular complexity index is 640. The van der Waals surface area contributed by atoms with E-state index in [1.807, 2.05) is 38.1 Å². The second kappa shape index (κ2) is 9.02. The molecule has 0 fully saturated rings. The van der Waals surface area contributed by atoms with Gasteiger partial charge < -0.3 is 20.3 Å². The summed E-state index contributed by atoms with van der Waals surface area (Å²) in [4.78, 5) is 16.0. The van der Waals surface area contributed by atoms with Gasteiger partial charge in [-0.2, -0.15) is 4.98 Å². The lowest BCUT2D eigenvalue weighted by Gasteiger charge is -2.13. The van der Waals surface area contributed by atoms with Gasteiger partial charge in [0.15, 0.2) is 5.82 Å². The molecule has 24 heavy (non-hydrogen) atoms. The van der Waals surface area contributed by atoms with Crippen molar-refractivity contribution in [1.82, 2.24) is 20.8 Å². The van der Waals surface area contributed by atoms with Gasteiger partial charge >= 0.3 is 6.03 Å². The molecule has 0 radical (unpaired) electrons. The lowest BCUT2D eigenvalue weighted by Crippen LogP contribution is -2.41. The first-order chi connectivity index (χ1) is 11.6. The summed E-state index contributed by atoms with van der Waals surface area (Å²) >= 11 is 0. The van der Waals surface area contributed by atoms with E-state index in [2.05, 4.69) is 20.8 Å². The van der Waals surface area contributed by atoms with Crippen molar-refractivity contribution in [1.29, 1.82) is 0 Å². The molecule has 2 aromatic rings. The molecule has 1 aromatic heterocycles. The Hall–Kier alpha value is -2.41. The molecule has 0 saturated heterocycles. The third kappa shape index (κ3) is 5.34. The number of nitrogens with zero attached hydrogens (tertiary/aromatic N) is 2. The van der Waals surface area contributed by atoms with Crippen molar-refractivity contribution < 1.29 is 14.4 Å². The van der Waals surface area contributed by atoms with E-state index >= 15 is 0 Å². The maximum Gasteiger partial charge on any atom is 0.315 e. The highest BCUT2D eigenvalue weighted by Gasteiger charge is 2.08. The van der Waals surface area contributed by atoms with Crippen LogP contribution < -0.4 is 10.6 Å². The number of aliphatic hydroxyl groups is 1. The van der Waals surface area contributed by atoms with E-state index in [-0.39, 0.29) is 18.7 Å². The van der Waals surface area contributed by atoms with E-state index in [0.717, 1.165) is 24.0 Å². The van der Waals surface area contributed by atoms with Crippen LogP contribution in [0.2, 0.25) is 0 Å². The Morgan fingerprint density at radius 1 is 1.33 bits per heavy atom. The zero-order valence-corrected chi connectivity index (χ0v) is 14.1. The van der Waals surface area contributed by atoms with E-state index in [9.17, 15) is 4.79 Å². The number of aliphatic hydroxyl groups excluding tert-OH is 1. The largest absolute Gasteiger partial charge is 0.396 e. The third-order valence-electron chi connectivity index (χ3n) is 3.62. The topological polar surface area (TPSA) is 100 Å². The highest BCUT2D eigenvalue weighted by Crippen LogP contribution is 2.18. The fourth-order valence-electron chi connectivity index (χ4n) is 2.19. The highest BCUT2D eigenvalue weighted by atomic mass is 16.5. The van der Waals surface area contributed by atoms with Crippen molar-refractivity contribution in [3.05, 3.63) is 35.7 Å². The average molecular weight is 332 g/mol. The van der Waals surface area contributed by atoms with Gasteiger partial charge in [0.25, 0.3) is 5.89 Å². The zero-order valence-electron chi connectivity index (χ0n) is 14.1. The number of urea groups is 1. The van der Waals surface area contributed by atoms with Gasteiger partial charge in [0.2, 0.25) is 0 Å². The number of carbonyl (C=O) groups excluding carboxylic acids is 1. The number of amides is 2. The molecule has 7 heteroatoms. The van der Waals surface area contributed by atoms with Crippen LogP contribution in [-0.2, 0) is 12.8 Å². The Morgan fingerprint density at radius 3 is 2.71 bits per heavy atom. The molecule has 1 heterocycles. The van der Waals surface area contributed by atoms with Crippen LogP contribution in [0.4, 0.5) is 4.79 Å². The number of rotatable bonds is 8. The molecule has 2 amide bonds. The van der Waals surface area contributed by atoms with Crippen LogP contribution in [-0.4, -0.2) is 40.5 Å². The molecule has 3 N–H and O–H groups in total. The fourth-order valence-corrected chi connectivity index (χ4v) is 2.19. The van der Waals surface area contributed by atoms with E-state index in [1.54, 1.807) is 0 Å². The molecule has 0 aliphatic heterocycles. The van der Waals surface area contributed by atoms with Gasteiger partial charge in [0.05, 0.1) is 0 Å². The highest BCUT2D eigenvalue weighted by molar-refractivity contribution is 5.74. The second-order valence-corrected chi connectivity index (χ2v) is 5.63. The lowest BCUT2D eigenvalue weighted by atomic mass is 10.1. The Labute approximate surface area is 141 Å². The Kier molecular flexibility index (Phi) is 6.74. The summed E-state index contributed by atoms with van der Waals surface area (Å²) in [6, 6.07) is 7.58. The summed E-state index contributed by atoms with van der Waals surface area (Å²) < 4.78 is 5.21. The van der Waals surface area contributed by atoms with E-state index in [0.29, 0.717) is 24.7 Å². The number of hydrogen-bond donors (Lipinski definition) is 3. The minimum absolute atomic E-state index is 0.0447.